The number of aryl methyl sites for hydroxylation is 2. The second-order valence-corrected chi connectivity index (χ2v) is 8.69. The maximum absolute atomic E-state index is 13.4. The van der Waals surface area contributed by atoms with Crippen molar-refractivity contribution in [2.75, 3.05) is 23.3 Å². The Morgan fingerprint density at radius 3 is 2.53 bits per heavy atom. The van der Waals surface area contributed by atoms with Gasteiger partial charge in [0.2, 0.25) is 0 Å². The number of carbonyl (C=O) groups excluding carboxylic acids is 2. The highest BCUT2D eigenvalue weighted by Crippen LogP contribution is 2.31. The summed E-state index contributed by atoms with van der Waals surface area (Å²) in [6, 6.07) is 18.0. The van der Waals surface area contributed by atoms with Crippen molar-refractivity contribution in [1.82, 2.24) is 4.90 Å². The van der Waals surface area contributed by atoms with Crippen molar-refractivity contribution in [2.45, 2.75) is 33.2 Å². The first-order chi connectivity index (χ1) is 17.1. The standard InChI is InChI=1S/C27H26F3N3O3/c1-18-11-12-24(23(15-18)31-25(34)22-10-4-3-7-19(22)2)33-14-6-13-32(26(33)35)17-20-8-5-9-21(16-20)36-27(28,29)30/h3-5,7-12,15-16H,6,13-14,17H2,1-2H3,(H,31,34). The van der Waals surface area contributed by atoms with E-state index in [2.05, 4.69) is 10.1 Å². The van der Waals surface area contributed by atoms with E-state index >= 15 is 0 Å². The Balaban J connectivity index is 1.55. The fourth-order valence-corrected chi connectivity index (χ4v) is 4.22. The largest absolute Gasteiger partial charge is 0.573 e. The van der Waals surface area contributed by atoms with Crippen LogP contribution >= 0.6 is 0 Å². The number of nitrogens with zero attached hydrogens (tertiary/aromatic N) is 2. The molecule has 1 aliphatic heterocycles. The van der Waals surface area contributed by atoms with Crippen molar-refractivity contribution in [3.63, 3.8) is 0 Å². The zero-order valence-electron chi connectivity index (χ0n) is 19.9. The first kappa shape index (κ1) is 25.1. The van der Waals surface area contributed by atoms with E-state index in [1.165, 1.54) is 18.2 Å². The van der Waals surface area contributed by atoms with Gasteiger partial charge in [0.1, 0.15) is 5.75 Å². The van der Waals surface area contributed by atoms with Crippen LogP contribution in [0, 0.1) is 13.8 Å². The summed E-state index contributed by atoms with van der Waals surface area (Å²) < 4.78 is 41.8. The van der Waals surface area contributed by atoms with Gasteiger partial charge in [-0.05, 0) is 67.3 Å². The molecule has 0 atom stereocenters. The van der Waals surface area contributed by atoms with Gasteiger partial charge in [-0.25, -0.2) is 4.79 Å². The van der Waals surface area contributed by atoms with Gasteiger partial charge in [0.25, 0.3) is 5.91 Å². The van der Waals surface area contributed by atoms with Crippen LogP contribution in [0.2, 0.25) is 0 Å². The number of hydrogen-bond acceptors (Lipinski definition) is 3. The SMILES string of the molecule is Cc1ccc(N2CCCN(Cc3cccc(OC(F)(F)F)c3)C2=O)c(NC(=O)c2ccccc2C)c1. The number of carbonyl (C=O) groups is 2. The first-order valence-corrected chi connectivity index (χ1v) is 11.5. The molecule has 0 bridgehead atoms. The second-order valence-electron chi connectivity index (χ2n) is 8.69. The van der Waals surface area contributed by atoms with E-state index in [1.54, 1.807) is 34.1 Å². The number of rotatable bonds is 6. The first-order valence-electron chi connectivity index (χ1n) is 11.5. The molecule has 188 valence electrons. The molecule has 1 heterocycles. The molecule has 1 saturated heterocycles. The number of hydrogen-bond donors (Lipinski definition) is 1. The summed E-state index contributed by atoms with van der Waals surface area (Å²) in [6.07, 6.45) is -4.13. The smallest absolute Gasteiger partial charge is 0.406 e. The second kappa shape index (κ2) is 10.3. The van der Waals surface area contributed by atoms with Gasteiger partial charge in [-0.15, -0.1) is 13.2 Å². The number of amides is 3. The highest BCUT2D eigenvalue weighted by atomic mass is 19.4. The lowest BCUT2D eigenvalue weighted by molar-refractivity contribution is -0.274. The molecule has 4 rings (SSSR count). The topological polar surface area (TPSA) is 61.9 Å². The molecule has 9 heteroatoms. The fraction of sp³-hybridized carbons (Fsp3) is 0.259. The van der Waals surface area contributed by atoms with Gasteiger partial charge in [-0.1, -0.05) is 36.4 Å². The van der Waals surface area contributed by atoms with E-state index in [0.29, 0.717) is 42.0 Å². The Bertz CT molecular complexity index is 1280. The molecule has 0 spiro atoms. The van der Waals surface area contributed by atoms with Crippen LogP contribution in [-0.4, -0.2) is 36.3 Å². The molecule has 0 aliphatic carbocycles. The highest BCUT2D eigenvalue weighted by Gasteiger charge is 2.32. The number of ether oxygens (including phenoxy) is 1. The highest BCUT2D eigenvalue weighted by molar-refractivity contribution is 6.08. The molecule has 1 fully saturated rings. The van der Waals surface area contributed by atoms with Gasteiger partial charge in [-0.3, -0.25) is 9.69 Å². The van der Waals surface area contributed by atoms with E-state index in [-0.39, 0.29) is 24.2 Å². The van der Waals surface area contributed by atoms with Crippen molar-refractivity contribution in [2.24, 2.45) is 0 Å². The molecule has 1 aliphatic rings. The van der Waals surface area contributed by atoms with Crippen molar-refractivity contribution in [3.05, 3.63) is 89.0 Å². The van der Waals surface area contributed by atoms with Gasteiger partial charge >= 0.3 is 12.4 Å². The number of nitrogens with one attached hydrogen (secondary N) is 1. The lowest BCUT2D eigenvalue weighted by atomic mass is 10.1. The van der Waals surface area contributed by atoms with Gasteiger partial charge < -0.3 is 15.0 Å². The zero-order chi connectivity index (χ0) is 25.9. The quantitative estimate of drug-likeness (QED) is 0.436. The van der Waals surface area contributed by atoms with Crippen LogP contribution in [0.3, 0.4) is 0 Å². The molecule has 0 radical (unpaired) electrons. The zero-order valence-corrected chi connectivity index (χ0v) is 19.9. The van der Waals surface area contributed by atoms with Gasteiger partial charge in [0.05, 0.1) is 11.4 Å². The van der Waals surface area contributed by atoms with Crippen molar-refractivity contribution < 1.29 is 27.5 Å². The van der Waals surface area contributed by atoms with E-state index in [0.717, 1.165) is 11.1 Å². The maximum Gasteiger partial charge on any atom is 0.573 e. The minimum absolute atomic E-state index is 0.126. The van der Waals surface area contributed by atoms with Crippen molar-refractivity contribution in [1.29, 1.82) is 0 Å². The molecular formula is C27H26F3N3O3. The summed E-state index contributed by atoms with van der Waals surface area (Å²) in [7, 11) is 0. The molecule has 0 aromatic heterocycles. The molecule has 0 unspecified atom stereocenters. The molecular weight excluding hydrogens is 471 g/mol. The minimum Gasteiger partial charge on any atom is -0.406 e. The average molecular weight is 498 g/mol. The van der Waals surface area contributed by atoms with Crippen molar-refractivity contribution in [3.8, 4) is 5.75 Å². The predicted molar refractivity (Wildman–Crippen MR) is 131 cm³/mol. The van der Waals surface area contributed by atoms with Crippen LogP contribution in [0.4, 0.5) is 29.3 Å². The van der Waals surface area contributed by atoms with Crippen LogP contribution < -0.4 is 15.0 Å². The summed E-state index contributed by atoms with van der Waals surface area (Å²) >= 11 is 0. The fourth-order valence-electron chi connectivity index (χ4n) is 4.22. The molecule has 3 aromatic carbocycles. The van der Waals surface area contributed by atoms with Crippen LogP contribution in [0.1, 0.15) is 33.5 Å². The molecule has 36 heavy (non-hydrogen) atoms. The third-order valence-electron chi connectivity index (χ3n) is 5.90. The summed E-state index contributed by atoms with van der Waals surface area (Å²) in [5, 5.41) is 2.95. The number of urea groups is 1. The third-order valence-corrected chi connectivity index (χ3v) is 5.90. The van der Waals surface area contributed by atoms with E-state index < -0.39 is 6.36 Å². The maximum atomic E-state index is 13.4. The molecule has 0 saturated carbocycles. The molecule has 3 amide bonds. The van der Waals surface area contributed by atoms with Crippen molar-refractivity contribution >= 4 is 23.3 Å². The Hall–Kier alpha value is -4.01. The summed E-state index contributed by atoms with van der Waals surface area (Å²) in [4.78, 5) is 29.6. The Morgan fingerprint density at radius 1 is 1.00 bits per heavy atom. The van der Waals surface area contributed by atoms with Crippen LogP contribution in [0.15, 0.2) is 66.7 Å². The molecule has 1 N–H and O–H groups in total. The summed E-state index contributed by atoms with van der Waals surface area (Å²) in [5.74, 6) is -0.608. The third kappa shape index (κ3) is 5.97. The van der Waals surface area contributed by atoms with E-state index in [4.69, 9.17) is 0 Å². The summed E-state index contributed by atoms with van der Waals surface area (Å²) in [5.41, 5.74) is 3.88. The lowest BCUT2D eigenvalue weighted by Crippen LogP contribution is -2.49. The lowest BCUT2D eigenvalue weighted by Gasteiger charge is -2.36. The number of halogens is 3. The Morgan fingerprint density at radius 2 is 1.78 bits per heavy atom. The monoisotopic (exact) mass is 497 g/mol. The predicted octanol–water partition coefficient (Wildman–Crippen LogP) is 6.29. The van der Waals surface area contributed by atoms with Crippen LogP contribution in [-0.2, 0) is 6.54 Å². The van der Waals surface area contributed by atoms with Crippen LogP contribution in [0.25, 0.3) is 0 Å². The Kier molecular flexibility index (Phi) is 7.19. The Labute approximate surface area is 207 Å². The number of benzene rings is 3. The molecule has 3 aromatic rings. The number of anilines is 2. The van der Waals surface area contributed by atoms with E-state index in [9.17, 15) is 22.8 Å². The van der Waals surface area contributed by atoms with Gasteiger partial charge in [0.15, 0.2) is 0 Å². The van der Waals surface area contributed by atoms with Gasteiger partial charge in [0, 0.05) is 25.2 Å². The summed E-state index contributed by atoms with van der Waals surface area (Å²) in [6.45, 7) is 4.78. The van der Waals surface area contributed by atoms with E-state index in [1.807, 2.05) is 38.1 Å². The normalized spacial score (nSPS) is 14.1. The number of alkyl halides is 3. The molecule has 6 nitrogen and oxygen atoms in total. The van der Waals surface area contributed by atoms with Gasteiger partial charge in [-0.2, -0.15) is 0 Å². The van der Waals surface area contributed by atoms with Crippen LogP contribution in [0.5, 0.6) is 5.75 Å². The average Bonchev–Trinajstić information content (AvgIpc) is 2.80. The minimum atomic E-state index is -4.79.